The largest absolute Gasteiger partial charge is 0.453 e. The number of carbonyl (C=O) groups excluding carboxylic acids is 1. The highest BCUT2D eigenvalue weighted by Crippen LogP contribution is 2.61. The van der Waals surface area contributed by atoms with Crippen LogP contribution in [0.1, 0.15) is 69.8 Å². The maximum Gasteiger partial charge on any atom is 0.409 e. The summed E-state index contributed by atoms with van der Waals surface area (Å²) < 4.78 is 4.87. The topological polar surface area (TPSA) is 42.4 Å². The van der Waals surface area contributed by atoms with Gasteiger partial charge in [0.2, 0.25) is 0 Å². The molecule has 1 radical (unpaired) electrons. The van der Waals surface area contributed by atoms with Gasteiger partial charge in [0.1, 0.15) is 0 Å². The highest BCUT2D eigenvalue weighted by atomic mass is 16.5. The van der Waals surface area contributed by atoms with Gasteiger partial charge in [-0.15, -0.1) is 0 Å². The molecule has 4 fully saturated rings. The number of pyridine rings is 1. The van der Waals surface area contributed by atoms with E-state index in [0.717, 1.165) is 37.1 Å². The van der Waals surface area contributed by atoms with E-state index in [4.69, 9.17) is 4.74 Å². The second-order valence-corrected chi connectivity index (χ2v) is 10.2. The van der Waals surface area contributed by atoms with Crippen LogP contribution in [0.2, 0.25) is 0 Å². The fourth-order valence-electron chi connectivity index (χ4n) is 6.91. The maximum atomic E-state index is 11.8. The van der Waals surface area contributed by atoms with Gasteiger partial charge in [0.25, 0.3) is 0 Å². The standard InChI is InChI=1S/C25H37N2O2/c1-27(24(28)29-2)12-8-19(3-4-20-6-10-26-11-7-20)5-9-25-16-21-13-22(17-25)15-23(14-21)18-25/h4,6-7,10-11,19,21-23H,3,5,8-9,12-18H2,1-2H3. The molecule has 1 amide bonds. The highest BCUT2D eigenvalue weighted by Gasteiger charge is 2.50. The smallest absolute Gasteiger partial charge is 0.409 e. The van der Waals surface area contributed by atoms with Crippen molar-refractivity contribution in [2.45, 2.75) is 64.2 Å². The van der Waals surface area contributed by atoms with Crippen LogP contribution in [0.3, 0.4) is 0 Å². The first-order valence-corrected chi connectivity index (χ1v) is 11.6. The van der Waals surface area contributed by atoms with Crippen LogP contribution in [-0.2, 0) is 4.74 Å². The second-order valence-electron chi connectivity index (χ2n) is 10.2. The molecule has 0 aromatic carbocycles. The Morgan fingerprint density at radius 3 is 2.38 bits per heavy atom. The van der Waals surface area contributed by atoms with Crippen LogP contribution in [0.25, 0.3) is 0 Å². The molecule has 0 spiro atoms. The van der Waals surface area contributed by atoms with Gasteiger partial charge >= 0.3 is 6.09 Å². The maximum absolute atomic E-state index is 11.8. The molecule has 4 saturated carbocycles. The highest BCUT2D eigenvalue weighted by molar-refractivity contribution is 5.66. The van der Waals surface area contributed by atoms with Gasteiger partial charge in [0, 0.05) is 26.0 Å². The Bertz CT molecular complexity index is 639. The Morgan fingerprint density at radius 2 is 1.79 bits per heavy atom. The number of aromatic nitrogens is 1. The summed E-state index contributed by atoms with van der Waals surface area (Å²) in [5.74, 6) is 3.68. The third kappa shape index (κ3) is 5.13. The Hall–Kier alpha value is -1.58. The molecule has 1 unspecified atom stereocenters. The van der Waals surface area contributed by atoms with E-state index in [0.29, 0.717) is 11.3 Å². The van der Waals surface area contributed by atoms with Gasteiger partial charge in [-0.25, -0.2) is 4.79 Å². The van der Waals surface area contributed by atoms with Gasteiger partial charge in [-0.1, -0.05) is 0 Å². The average Bonchev–Trinajstić information content (AvgIpc) is 2.72. The summed E-state index contributed by atoms with van der Waals surface area (Å²) in [7, 11) is 3.30. The summed E-state index contributed by atoms with van der Waals surface area (Å²) in [5.41, 5.74) is 1.89. The molecule has 1 aromatic rings. The second kappa shape index (κ2) is 9.06. The van der Waals surface area contributed by atoms with Crippen LogP contribution in [-0.4, -0.2) is 36.7 Å². The molecule has 4 bridgehead atoms. The lowest BCUT2D eigenvalue weighted by Gasteiger charge is -2.57. The number of methoxy groups -OCH3 is 1. The zero-order valence-electron chi connectivity index (χ0n) is 18.2. The summed E-state index contributed by atoms with van der Waals surface area (Å²) in [5, 5.41) is 0. The number of rotatable bonds is 9. The fraction of sp³-hybridized carbons (Fsp3) is 0.720. The predicted octanol–water partition coefficient (Wildman–Crippen LogP) is 5.73. The van der Waals surface area contributed by atoms with Gasteiger partial charge < -0.3 is 9.64 Å². The van der Waals surface area contributed by atoms with Crippen LogP contribution >= 0.6 is 0 Å². The summed E-state index contributed by atoms with van der Waals surface area (Å²) in [6.45, 7) is 0.766. The van der Waals surface area contributed by atoms with E-state index in [2.05, 4.69) is 23.5 Å². The van der Waals surface area contributed by atoms with E-state index < -0.39 is 0 Å². The lowest BCUT2D eigenvalue weighted by molar-refractivity contribution is -0.0602. The molecule has 4 nitrogen and oxygen atoms in total. The van der Waals surface area contributed by atoms with E-state index in [1.807, 2.05) is 19.4 Å². The molecule has 5 rings (SSSR count). The number of hydrogen-bond donors (Lipinski definition) is 0. The molecule has 1 heterocycles. The van der Waals surface area contributed by atoms with Crippen LogP contribution in [0.4, 0.5) is 4.79 Å². The normalized spacial score (nSPS) is 30.9. The zero-order valence-corrected chi connectivity index (χ0v) is 18.2. The zero-order chi connectivity index (χ0) is 20.3. The van der Waals surface area contributed by atoms with Crippen molar-refractivity contribution in [3.8, 4) is 0 Å². The minimum atomic E-state index is -0.233. The molecule has 0 aliphatic heterocycles. The molecule has 4 aliphatic carbocycles. The van der Waals surface area contributed by atoms with E-state index in [1.165, 1.54) is 64.0 Å². The first-order chi connectivity index (χ1) is 14.0. The molecule has 0 N–H and O–H groups in total. The molecular weight excluding hydrogens is 360 g/mol. The summed E-state index contributed by atoms with van der Waals surface area (Å²) in [6.07, 6.45) is 19.6. The van der Waals surface area contributed by atoms with Gasteiger partial charge in [-0.2, -0.15) is 0 Å². The molecule has 29 heavy (non-hydrogen) atoms. The quantitative estimate of drug-likeness (QED) is 0.535. The van der Waals surface area contributed by atoms with E-state index >= 15 is 0 Å². The molecule has 1 atom stereocenters. The Balaban J connectivity index is 1.34. The van der Waals surface area contributed by atoms with Crippen LogP contribution < -0.4 is 0 Å². The third-order valence-corrected chi connectivity index (χ3v) is 8.00. The van der Waals surface area contributed by atoms with Crippen molar-refractivity contribution >= 4 is 6.09 Å². The van der Waals surface area contributed by atoms with Crippen molar-refractivity contribution < 1.29 is 9.53 Å². The van der Waals surface area contributed by atoms with Crippen molar-refractivity contribution in [1.82, 2.24) is 9.88 Å². The summed E-state index contributed by atoms with van der Waals surface area (Å²) in [6, 6.07) is 4.16. The molecule has 159 valence electrons. The van der Waals surface area contributed by atoms with Crippen molar-refractivity contribution in [2.75, 3.05) is 20.7 Å². The Labute approximate surface area is 176 Å². The third-order valence-electron chi connectivity index (χ3n) is 8.00. The number of carbonyl (C=O) groups is 1. The van der Waals surface area contributed by atoms with Crippen molar-refractivity contribution in [3.63, 3.8) is 0 Å². The van der Waals surface area contributed by atoms with Crippen molar-refractivity contribution in [1.29, 1.82) is 0 Å². The Kier molecular flexibility index (Phi) is 6.46. The van der Waals surface area contributed by atoms with E-state index in [-0.39, 0.29) is 6.09 Å². The Morgan fingerprint density at radius 1 is 1.17 bits per heavy atom. The van der Waals surface area contributed by atoms with Gasteiger partial charge in [0.05, 0.1) is 7.11 Å². The number of nitrogens with zero attached hydrogens (tertiary/aromatic N) is 2. The molecule has 1 aromatic heterocycles. The van der Waals surface area contributed by atoms with Crippen LogP contribution in [0.15, 0.2) is 24.5 Å². The average molecular weight is 398 g/mol. The number of amides is 1. The predicted molar refractivity (Wildman–Crippen MR) is 115 cm³/mol. The van der Waals surface area contributed by atoms with Gasteiger partial charge in [-0.05, 0) is 117 Å². The van der Waals surface area contributed by atoms with Gasteiger partial charge in [-0.3, -0.25) is 4.98 Å². The lowest BCUT2D eigenvalue weighted by Crippen LogP contribution is -2.46. The van der Waals surface area contributed by atoms with Crippen molar-refractivity contribution in [2.24, 2.45) is 29.1 Å². The first-order valence-electron chi connectivity index (χ1n) is 11.6. The summed E-state index contributed by atoms with van der Waals surface area (Å²) >= 11 is 0. The van der Waals surface area contributed by atoms with Crippen molar-refractivity contribution in [3.05, 3.63) is 36.5 Å². The minimum absolute atomic E-state index is 0.233. The fourth-order valence-corrected chi connectivity index (χ4v) is 6.91. The number of hydrogen-bond acceptors (Lipinski definition) is 3. The lowest BCUT2D eigenvalue weighted by atomic mass is 9.48. The van der Waals surface area contributed by atoms with E-state index in [1.54, 1.807) is 4.90 Å². The minimum Gasteiger partial charge on any atom is -0.453 e. The monoisotopic (exact) mass is 397 g/mol. The number of ether oxygens (including phenoxy) is 1. The van der Waals surface area contributed by atoms with E-state index in [9.17, 15) is 4.79 Å². The molecule has 0 saturated heterocycles. The SMILES string of the molecule is COC(=O)N(C)CCC(C[CH]c1ccncc1)CCC12CC3CC(CC(C3)C1)C2. The van der Waals surface area contributed by atoms with Crippen LogP contribution in [0, 0.1) is 35.5 Å². The van der Waals surface area contributed by atoms with Gasteiger partial charge in [0.15, 0.2) is 0 Å². The molecule has 4 aliphatic rings. The molecular formula is C25H37N2O2. The first kappa shape index (κ1) is 20.7. The molecule has 4 heteroatoms. The van der Waals surface area contributed by atoms with Crippen LogP contribution in [0.5, 0.6) is 0 Å². The summed E-state index contributed by atoms with van der Waals surface area (Å²) in [4.78, 5) is 17.6.